The van der Waals surface area contributed by atoms with Gasteiger partial charge in [-0.05, 0) is 45.0 Å². The summed E-state index contributed by atoms with van der Waals surface area (Å²) < 4.78 is 0. The van der Waals surface area contributed by atoms with E-state index in [0.717, 1.165) is 25.5 Å². The molecule has 0 radical (unpaired) electrons. The molecule has 1 fully saturated rings. The van der Waals surface area contributed by atoms with Gasteiger partial charge in [-0.25, -0.2) is 4.98 Å². The Kier molecular flexibility index (Phi) is 3.43. The average Bonchev–Trinajstić information content (AvgIpc) is 3.02. The van der Waals surface area contributed by atoms with E-state index in [1.807, 2.05) is 11.3 Å². The molecule has 0 aliphatic carbocycles. The number of thiophene rings is 1. The summed E-state index contributed by atoms with van der Waals surface area (Å²) in [6.45, 7) is 5.58. The van der Waals surface area contributed by atoms with Crippen molar-refractivity contribution in [3.05, 3.63) is 34.0 Å². The fourth-order valence-electron chi connectivity index (χ4n) is 2.57. The smallest absolute Gasteiger partial charge is 0.137 e. The van der Waals surface area contributed by atoms with Gasteiger partial charge in [-0.2, -0.15) is 5.10 Å². The molecule has 0 spiro atoms. The maximum absolute atomic E-state index is 4.27. The molecule has 96 valence electrons. The first-order valence-corrected chi connectivity index (χ1v) is 7.26. The normalized spacial score (nSPS) is 18.3. The first-order valence-electron chi connectivity index (χ1n) is 6.44. The SMILES string of the molecule is Cc1ccc(CN2CCC(c3ncn[nH]3)CC2)s1. The van der Waals surface area contributed by atoms with E-state index < -0.39 is 0 Å². The Labute approximate surface area is 111 Å². The maximum atomic E-state index is 4.27. The molecular formula is C13H18N4S. The van der Waals surface area contributed by atoms with Crippen LogP contribution in [0.3, 0.4) is 0 Å². The van der Waals surface area contributed by atoms with Crippen molar-refractivity contribution in [2.45, 2.75) is 32.2 Å². The van der Waals surface area contributed by atoms with Gasteiger partial charge in [-0.15, -0.1) is 11.3 Å². The molecule has 0 atom stereocenters. The minimum atomic E-state index is 0.564. The number of rotatable bonds is 3. The van der Waals surface area contributed by atoms with E-state index >= 15 is 0 Å². The van der Waals surface area contributed by atoms with Gasteiger partial charge >= 0.3 is 0 Å². The fraction of sp³-hybridized carbons (Fsp3) is 0.538. The van der Waals surface area contributed by atoms with Gasteiger partial charge in [0.05, 0.1) is 0 Å². The van der Waals surface area contributed by atoms with Crippen LogP contribution in [-0.2, 0) is 6.54 Å². The third-order valence-corrected chi connectivity index (χ3v) is 4.57. The Bertz CT molecular complexity index is 483. The van der Waals surface area contributed by atoms with Crippen molar-refractivity contribution in [2.75, 3.05) is 13.1 Å². The molecule has 3 heterocycles. The Balaban J connectivity index is 1.54. The Morgan fingerprint density at radius 1 is 1.39 bits per heavy atom. The van der Waals surface area contributed by atoms with Crippen molar-refractivity contribution in [2.24, 2.45) is 0 Å². The summed E-state index contributed by atoms with van der Waals surface area (Å²) >= 11 is 1.91. The van der Waals surface area contributed by atoms with Crippen LogP contribution in [0, 0.1) is 6.92 Å². The molecule has 1 aliphatic rings. The van der Waals surface area contributed by atoms with E-state index in [1.165, 1.54) is 22.6 Å². The summed E-state index contributed by atoms with van der Waals surface area (Å²) in [6, 6.07) is 4.46. The average molecular weight is 262 g/mol. The second kappa shape index (κ2) is 5.20. The summed E-state index contributed by atoms with van der Waals surface area (Å²) in [7, 11) is 0. The van der Waals surface area contributed by atoms with Crippen molar-refractivity contribution >= 4 is 11.3 Å². The van der Waals surface area contributed by atoms with Gasteiger partial charge in [0.1, 0.15) is 12.2 Å². The van der Waals surface area contributed by atoms with E-state index in [1.54, 1.807) is 6.33 Å². The first-order chi connectivity index (χ1) is 8.81. The Hall–Kier alpha value is -1.20. The van der Waals surface area contributed by atoms with Crippen LogP contribution >= 0.6 is 11.3 Å². The molecule has 18 heavy (non-hydrogen) atoms. The molecule has 1 saturated heterocycles. The van der Waals surface area contributed by atoms with Gasteiger partial charge < -0.3 is 0 Å². The van der Waals surface area contributed by atoms with Crippen molar-refractivity contribution in [3.8, 4) is 0 Å². The molecule has 0 unspecified atom stereocenters. The topological polar surface area (TPSA) is 44.8 Å². The van der Waals surface area contributed by atoms with Crippen LogP contribution in [0.5, 0.6) is 0 Å². The molecular weight excluding hydrogens is 244 g/mol. The summed E-state index contributed by atoms with van der Waals surface area (Å²) in [5.74, 6) is 1.62. The van der Waals surface area contributed by atoms with Gasteiger partial charge in [-0.1, -0.05) is 0 Å². The van der Waals surface area contributed by atoms with Gasteiger partial charge in [0.25, 0.3) is 0 Å². The largest absolute Gasteiger partial charge is 0.298 e. The predicted octanol–water partition coefficient (Wildman–Crippen LogP) is 2.55. The molecule has 2 aromatic heterocycles. The van der Waals surface area contributed by atoms with Crippen LogP contribution in [0.2, 0.25) is 0 Å². The highest BCUT2D eigenvalue weighted by Gasteiger charge is 2.22. The lowest BCUT2D eigenvalue weighted by Crippen LogP contribution is -2.32. The van der Waals surface area contributed by atoms with Crippen LogP contribution in [-0.4, -0.2) is 33.2 Å². The molecule has 4 nitrogen and oxygen atoms in total. The fourth-order valence-corrected chi connectivity index (χ4v) is 3.50. The van der Waals surface area contributed by atoms with E-state index in [0.29, 0.717) is 5.92 Å². The van der Waals surface area contributed by atoms with Crippen molar-refractivity contribution in [3.63, 3.8) is 0 Å². The number of aromatic amines is 1. The molecule has 2 aromatic rings. The summed E-state index contributed by atoms with van der Waals surface area (Å²) in [4.78, 5) is 9.69. The lowest BCUT2D eigenvalue weighted by molar-refractivity contribution is 0.203. The van der Waals surface area contributed by atoms with Crippen molar-refractivity contribution in [1.82, 2.24) is 20.1 Å². The monoisotopic (exact) mass is 262 g/mol. The number of piperidine rings is 1. The van der Waals surface area contributed by atoms with Gasteiger partial charge in [-0.3, -0.25) is 10.00 Å². The summed E-state index contributed by atoms with van der Waals surface area (Å²) in [5.41, 5.74) is 0. The molecule has 1 N–H and O–H groups in total. The predicted molar refractivity (Wildman–Crippen MR) is 72.7 cm³/mol. The van der Waals surface area contributed by atoms with E-state index in [-0.39, 0.29) is 0 Å². The summed E-state index contributed by atoms with van der Waals surface area (Å²) in [5, 5.41) is 6.94. The minimum absolute atomic E-state index is 0.564. The van der Waals surface area contributed by atoms with Crippen LogP contribution in [0.1, 0.15) is 34.3 Å². The lowest BCUT2D eigenvalue weighted by Gasteiger charge is -2.30. The quantitative estimate of drug-likeness (QED) is 0.924. The highest BCUT2D eigenvalue weighted by atomic mass is 32.1. The molecule has 3 rings (SSSR count). The van der Waals surface area contributed by atoms with Crippen molar-refractivity contribution in [1.29, 1.82) is 0 Å². The second-order valence-corrected chi connectivity index (χ2v) is 6.31. The Morgan fingerprint density at radius 2 is 2.22 bits per heavy atom. The number of hydrogen-bond acceptors (Lipinski definition) is 4. The zero-order chi connectivity index (χ0) is 12.4. The number of aromatic nitrogens is 3. The molecule has 0 aromatic carbocycles. The molecule has 0 amide bonds. The van der Waals surface area contributed by atoms with E-state index in [2.05, 4.69) is 39.1 Å². The highest BCUT2D eigenvalue weighted by molar-refractivity contribution is 7.11. The third-order valence-electron chi connectivity index (χ3n) is 3.58. The number of H-pyrrole nitrogens is 1. The number of aryl methyl sites for hydroxylation is 1. The standard InChI is InChI=1S/C13H18N4S/c1-10-2-3-12(18-10)8-17-6-4-11(5-7-17)13-14-9-15-16-13/h2-3,9,11H,4-8H2,1H3,(H,14,15,16). The third kappa shape index (κ3) is 2.62. The molecule has 1 aliphatic heterocycles. The van der Waals surface area contributed by atoms with Crippen LogP contribution in [0.15, 0.2) is 18.5 Å². The van der Waals surface area contributed by atoms with Crippen molar-refractivity contribution < 1.29 is 0 Å². The number of hydrogen-bond donors (Lipinski definition) is 1. The minimum Gasteiger partial charge on any atom is -0.298 e. The van der Waals surface area contributed by atoms with E-state index in [4.69, 9.17) is 0 Å². The maximum Gasteiger partial charge on any atom is 0.137 e. The number of nitrogens with one attached hydrogen (secondary N) is 1. The zero-order valence-corrected chi connectivity index (χ0v) is 11.4. The number of nitrogens with zero attached hydrogens (tertiary/aromatic N) is 3. The highest BCUT2D eigenvalue weighted by Crippen LogP contribution is 2.26. The van der Waals surface area contributed by atoms with Gasteiger partial charge in [0.15, 0.2) is 0 Å². The summed E-state index contributed by atoms with van der Waals surface area (Å²) in [6.07, 6.45) is 3.97. The first kappa shape index (κ1) is 11.9. The molecule has 5 heteroatoms. The van der Waals surface area contributed by atoms with Crippen LogP contribution < -0.4 is 0 Å². The van der Waals surface area contributed by atoms with E-state index in [9.17, 15) is 0 Å². The van der Waals surface area contributed by atoms with Crippen LogP contribution in [0.4, 0.5) is 0 Å². The molecule has 0 bridgehead atoms. The number of likely N-dealkylation sites (tertiary alicyclic amines) is 1. The van der Waals surface area contributed by atoms with Gasteiger partial charge in [0, 0.05) is 22.2 Å². The lowest BCUT2D eigenvalue weighted by atomic mass is 9.96. The Morgan fingerprint density at radius 3 is 2.83 bits per heavy atom. The molecule has 0 saturated carbocycles. The van der Waals surface area contributed by atoms with Crippen LogP contribution in [0.25, 0.3) is 0 Å². The van der Waals surface area contributed by atoms with Gasteiger partial charge in [0.2, 0.25) is 0 Å². The zero-order valence-electron chi connectivity index (χ0n) is 10.6. The second-order valence-electron chi connectivity index (χ2n) is 4.93.